The monoisotopic (exact) mass is 240 g/mol. The van der Waals surface area contributed by atoms with Crippen LogP contribution in [0.4, 0.5) is 11.4 Å². The molecular formula is C16H20N2. The van der Waals surface area contributed by atoms with Crippen LogP contribution in [-0.2, 0) is 12.8 Å². The highest BCUT2D eigenvalue weighted by Crippen LogP contribution is 2.34. The van der Waals surface area contributed by atoms with Crippen LogP contribution in [0.25, 0.3) is 11.1 Å². The number of hydrogen-bond donors (Lipinski definition) is 2. The molecule has 2 heteroatoms. The zero-order valence-corrected chi connectivity index (χ0v) is 11.0. The number of nitrogen functional groups attached to an aromatic ring is 2. The fourth-order valence-corrected chi connectivity index (χ4v) is 2.44. The maximum Gasteiger partial charge on any atom is 0.0429 e. The van der Waals surface area contributed by atoms with Crippen LogP contribution in [0, 0.1) is 0 Å². The quantitative estimate of drug-likeness (QED) is 0.805. The number of para-hydroxylation sites is 1. The van der Waals surface area contributed by atoms with Crippen molar-refractivity contribution in [3.8, 4) is 11.1 Å². The topological polar surface area (TPSA) is 52.0 Å². The van der Waals surface area contributed by atoms with Gasteiger partial charge in [-0.15, -0.1) is 0 Å². The number of anilines is 2. The van der Waals surface area contributed by atoms with E-state index in [0.29, 0.717) is 0 Å². The Hall–Kier alpha value is -1.96. The molecule has 0 bridgehead atoms. The molecule has 94 valence electrons. The third-order valence-corrected chi connectivity index (χ3v) is 3.44. The number of rotatable bonds is 3. The molecule has 4 N–H and O–H groups in total. The molecule has 0 unspecified atom stereocenters. The highest BCUT2D eigenvalue weighted by molar-refractivity contribution is 5.86. The molecule has 0 radical (unpaired) electrons. The van der Waals surface area contributed by atoms with Crippen LogP contribution < -0.4 is 11.5 Å². The first kappa shape index (κ1) is 12.5. The van der Waals surface area contributed by atoms with E-state index in [1.54, 1.807) is 0 Å². The maximum absolute atomic E-state index is 6.32. The van der Waals surface area contributed by atoms with Gasteiger partial charge >= 0.3 is 0 Å². The molecule has 18 heavy (non-hydrogen) atoms. The standard InChI is InChI=1S/C16H20N2/c1-3-11-9-10-14(16(18)12(11)4-2)13-7-5-6-8-15(13)17/h5-10H,3-4,17-18H2,1-2H3. The van der Waals surface area contributed by atoms with E-state index in [-0.39, 0.29) is 0 Å². The summed E-state index contributed by atoms with van der Waals surface area (Å²) in [5.74, 6) is 0. The van der Waals surface area contributed by atoms with E-state index < -0.39 is 0 Å². The van der Waals surface area contributed by atoms with Crippen molar-refractivity contribution in [3.63, 3.8) is 0 Å². The largest absolute Gasteiger partial charge is 0.398 e. The van der Waals surface area contributed by atoms with Crippen LogP contribution in [0.2, 0.25) is 0 Å². The predicted octanol–water partition coefficient (Wildman–Crippen LogP) is 3.64. The Morgan fingerprint density at radius 1 is 0.833 bits per heavy atom. The molecule has 0 aliphatic heterocycles. The predicted molar refractivity (Wildman–Crippen MR) is 79.5 cm³/mol. The van der Waals surface area contributed by atoms with Crippen molar-refractivity contribution in [2.45, 2.75) is 26.7 Å². The Kier molecular flexibility index (Phi) is 3.56. The van der Waals surface area contributed by atoms with Gasteiger partial charge in [0.25, 0.3) is 0 Å². The summed E-state index contributed by atoms with van der Waals surface area (Å²) in [6.45, 7) is 4.30. The summed E-state index contributed by atoms with van der Waals surface area (Å²) in [6, 6.07) is 12.1. The normalized spacial score (nSPS) is 10.6. The van der Waals surface area contributed by atoms with Crippen LogP contribution >= 0.6 is 0 Å². The molecule has 0 fully saturated rings. The van der Waals surface area contributed by atoms with Crippen molar-refractivity contribution in [3.05, 3.63) is 47.5 Å². The lowest BCUT2D eigenvalue weighted by atomic mass is 9.93. The molecule has 2 aromatic carbocycles. The van der Waals surface area contributed by atoms with E-state index in [2.05, 4.69) is 26.0 Å². The van der Waals surface area contributed by atoms with E-state index >= 15 is 0 Å². The molecule has 0 spiro atoms. The smallest absolute Gasteiger partial charge is 0.0429 e. The van der Waals surface area contributed by atoms with Crippen LogP contribution in [0.5, 0.6) is 0 Å². The van der Waals surface area contributed by atoms with E-state index in [1.807, 2.05) is 24.3 Å². The molecule has 0 amide bonds. The number of hydrogen-bond acceptors (Lipinski definition) is 2. The van der Waals surface area contributed by atoms with Gasteiger partial charge in [0.05, 0.1) is 0 Å². The van der Waals surface area contributed by atoms with E-state index in [4.69, 9.17) is 11.5 Å². The molecule has 0 aliphatic rings. The first-order chi connectivity index (χ1) is 8.69. The van der Waals surface area contributed by atoms with Crippen LogP contribution in [0.1, 0.15) is 25.0 Å². The second kappa shape index (κ2) is 5.13. The Labute approximate surface area is 109 Å². The summed E-state index contributed by atoms with van der Waals surface area (Å²) in [5, 5.41) is 0. The van der Waals surface area contributed by atoms with Gasteiger partial charge in [0.1, 0.15) is 0 Å². The Bertz CT molecular complexity index is 559. The zero-order valence-electron chi connectivity index (χ0n) is 11.0. The van der Waals surface area contributed by atoms with Gasteiger partial charge in [-0.05, 0) is 30.0 Å². The maximum atomic E-state index is 6.32. The molecule has 2 rings (SSSR count). The third kappa shape index (κ3) is 2.06. The molecule has 0 saturated carbocycles. The molecule has 0 heterocycles. The van der Waals surface area contributed by atoms with Crippen molar-refractivity contribution in [2.24, 2.45) is 0 Å². The lowest BCUT2D eigenvalue weighted by Gasteiger charge is -2.15. The first-order valence-corrected chi connectivity index (χ1v) is 6.44. The van der Waals surface area contributed by atoms with E-state index in [9.17, 15) is 0 Å². The second-order valence-electron chi connectivity index (χ2n) is 4.46. The van der Waals surface area contributed by atoms with Crippen LogP contribution in [0.15, 0.2) is 36.4 Å². The fraction of sp³-hybridized carbons (Fsp3) is 0.250. The summed E-state index contributed by atoms with van der Waals surface area (Å²) < 4.78 is 0. The van der Waals surface area contributed by atoms with E-state index in [0.717, 1.165) is 35.3 Å². The number of benzene rings is 2. The van der Waals surface area contributed by atoms with Crippen molar-refractivity contribution in [1.29, 1.82) is 0 Å². The summed E-state index contributed by atoms with van der Waals surface area (Å²) in [5.41, 5.74) is 18.6. The summed E-state index contributed by atoms with van der Waals surface area (Å²) in [7, 11) is 0. The number of nitrogens with two attached hydrogens (primary N) is 2. The molecule has 0 aromatic heterocycles. The van der Waals surface area contributed by atoms with Gasteiger partial charge in [0.15, 0.2) is 0 Å². The Morgan fingerprint density at radius 3 is 2.17 bits per heavy atom. The third-order valence-electron chi connectivity index (χ3n) is 3.44. The van der Waals surface area contributed by atoms with Crippen LogP contribution in [0.3, 0.4) is 0 Å². The lowest BCUT2D eigenvalue weighted by molar-refractivity contribution is 1.04. The SMILES string of the molecule is CCc1ccc(-c2ccccc2N)c(N)c1CC. The van der Waals surface area contributed by atoms with Gasteiger partial charge in [-0.1, -0.05) is 44.2 Å². The molecular weight excluding hydrogens is 220 g/mol. The van der Waals surface area contributed by atoms with Gasteiger partial charge in [-0.2, -0.15) is 0 Å². The summed E-state index contributed by atoms with van der Waals surface area (Å²) in [4.78, 5) is 0. The minimum Gasteiger partial charge on any atom is -0.398 e. The summed E-state index contributed by atoms with van der Waals surface area (Å²) in [6.07, 6.45) is 1.97. The minimum atomic E-state index is 0.774. The average molecular weight is 240 g/mol. The Morgan fingerprint density at radius 2 is 1.56 bits per heavy atom. The number of aryl methyl sites for hydroxylation is 1. The van der Waals surface area contributed by atoms with Crippen molar-refractivity contribution >= 4 is 11.4 Å². The van der Waals surface area contributed by atoms with Gasteiger partial charge in [0, 0.05) is 22.5 Å². The molecule has 0 saturated heterocycles. The van der Waals surface area contributed by atoms with Gasteiger partial charge < -0.3 is 11.5 Å². The fourth-order valence-electron chi connectivity index (χ4n) is 2.44. The van der Waals surface area contributed by atoms with E-state index in [1.165, 1.54) is 11.1 Å². The first-order valence-electron chi connectivity index (χ1n) is 6.44. The van der Waals surface area contributed by atoms with Crippen molar-refractivity contribution in [1.82, 2.24) is 0 Å². The lowest BCUT2D eigenvalue weighted by Crippen LogP contribution is -2.02. The summed E-state index contributed by atoms with van der Waals surface area (Å²) >= 11 is 0. The molecule has 0 aliphatic carbocycles. The van der Waals surface area contributed by atoms with Crippen molar-refractivity contribution < 1.29 is 0 Å². The second-order valence-corrected chi connectivity index (χ2v) is 4.46. The molecule has 2 nitrogen and oxygen atoms in total. The van der Waals surface area contributed by atoms with Crippen molar-refractivity contribution in [2.75, 3.05) is 11.5 Å². The van der Waals surface area contributed by atoms with Gasteiger partial charge in [0.2, 0.25) is 0 Å². The average Bonchev–Trinajstić information content (AvgIpc) is 2.39. The zero-order chi connectivity index (χ0) is 13.1. The van der Waals surface area contributed by atoms with Gasteiger partial charge in [-0.3, -0.25) is 0 Å². The minimum absolute atomic E-state index is 0.774. The van der Waals surface area contributed by atoms with Gasteiger partial charge in [-0.25, -0.2) is 0 Å². The molecule has 0 atom stereocenters. The molecule has 2 aromatic rings. The van der Waals surface area contributed by atoms with Crippen LogP contribution in [-0.4, -0.2) is 0 Å². The Balaban J connectivity index is 2.63. The highest BCUT2D eigenvalue weighted by atomic mass is 14.6. The highest BCUT2D eigenvalue weighted by Gasteiger charge is 2.11.